The van der Waals surface area contributed by atoms with Gasteiger partial charge in [-0.15, -0.1) is 0 Å². The summed E-state index contributed by atoms with van der Waals surface area (Å²) >= 11 is 0. The number of alkyl halides is 3. The first-order chi connectivity index (χ1) is 11.9. The summed E-state index contributed by atoms with van der Waals surface area (Å²) in [5.41, 5.74) is 1.56. The Hall–Kier alpha value is -2.42. The zero-order valence-electron chi connectivity index (χ0n) is 13.4. The maximum Gasteiger partial charge on any atom is 0.471 e. The molecule has 0 saturated carbocycles. The first kappa shape index (κ1) is 17.4. The molecule has 1 fully saturated rings. The topological polar surface area (TPSA) is 62.5 Å². The number of carbonyl (C=O) groups is 1. The summed E-state index contributed by atoms with van der Waals surface area (Å²) in [6, 6.07) is 5.43. The molecule has 0 unspecified atom stereocenters. The van der Waals surface area contributed by atoms with Crippen LogP contribution < -0.4 is 0 Å². The number of carbonyl (C=O) groups excluding carboxylic acids is 1. The van der Waals surface area contributed by atoms with Crippen molar-refractivity contribution in [2.24, 2.45) is 0 Å². The second kappa shape index (κ2) is 7.22. The molecule has 0 N–H and O–H groups in total. The van der Waals surface area contributed by atoms with E-state index in [4.69, 9.17) is 4.52 Å². The van der Waals surface area contributed by atoms with E-state index in [1.807, 2.05) is 17.0 Å². The predicted octanol–water partition coefficient (Wildman–Crippen LogP) is 2.33. The molecule has 0 bridgehead atoms. The van der Waals surface area contributed by atoms with Gasteiger partial charge in [-0.25, -0.2) is 0 Å². The van der Waals surface area contributed by atoms with E-state index in [0.717, 1.165) is 10.5 Å². The Labute approximate surface area is 142 Å². The lowest BCUT2D eigenvalue weighted by Gasteiger charge is -2.22. The van der Waals surface area contributed by atoms with Crippen molar-refractivity contribution in [2.45, 2.75) is 19.1 Å². The van der Waals surface area contributed by atoms with E-state index in [1.54, 1.807) is 18.5 Å². The van der Waals surface area contributed by atoms with Crippen LogP contribution in [-0.2, 0) is 11.3 Å². The first-order valence-corrected chi connectivity index (χ1v) is 7.88. The second-order valence-corrected chi connectivity index (χ2v) is 5.83. The Bertz CT molecular complexity index is 718. The third-order valence-corrected chi connectivity index (χ3v) is 4.03. The van der Waals surface area contributed by atoms with Crippen LogP contribution in [0.25, 0.3) is 11.3 Å². The molecule has 3 heterocycles. The van der Waals surface area contributed by atoms with Gasteiger partial charge in [0.05, 0.1) is 6.54 Å². The van der Waals surface area contributed by atoms with Gasteiger partial charge in [0, 0.05) is 50.2 Å². The molecule has 2 aromatic rings. The number of halogens is 3. The van der Waals surface area contributed by atoms with Crippen LogP contribution in [0.3, 0.4) is 0 Å². The summed E-state index contributed by atoms with van der Waals surface area (Å²) in [7, 11) is 0. The minimum atomic E-state index is -4.82. The van der Waals surface area contributed by atoms with Crippen LogP contribution in [-0.4, -0.2) is 58.2 Å². The molecule has 0 aliphatic carbocycles. The maximum atomic E-state index is 12.5. The third kappa shape index (κ3) is 4.36. The molecule has 1 amide bonds. The maximum absolute atomic E-state index is 12.5. The molecular formula is C16H17F3N4O2. The van der Waals surface area contributed by atoms with Gasteiger partial charge in [-0.05, 0) is 18.6 Å². The van der Waals surface area contributed by atoms with Gasteiger partial charge in [0.25, 0.3) is 0 Å². The number of rotatable bonds is 3. The zero-order valence-corrected chi connectivity index (χ0v) is 13.4. The average Bonchev–Trinajstić information content (AvgIpc) is 2.93. The van der Waals surface area contributed by atoms with Crippen LogP contribution in [0.2, 0.25) is 0 Å². The molecule has 134 valence electrons. The number of hydrogen-bond acceptors (Lipinski definition) is 5. The monoisotopic (exact) mass is 354 g/mol. The highest BCUT2D eigenvalue weighted by Crippen LogP contribution is 2.21. The molecule has 1 aliphatic heterocycles. The van der Waals surface area contributed by atoms with Crippen LogP contribution in [0.1, 0.15) is 12.2 Å². The molecular weight excluding hydrogens is 337 g/mol. The SMILES string of the molecule is O=C(N1CCCN(Cc2cc(-c3ccncc3)no2)CC1)C(F)(F)F. The smallest absolute Gasteiger partial charge is 0.359 e. The summed E-state index contributed by atoms with van der Waals surface area (Å²) in [5, 5.41) is 4.01. The molecule has 0 radical (unpaired) electrons. The van der Waals surface area contributed by atoms with Crippen molar-refractivity contribution < 1.29 is 22.5 Å². The van der Waals surface area contributed by atoms with Gasteiger partial charge in [0.1, 0.15) is 5.69 Å². The normalized spacial score (nSPS) is 16.7. The molecule has 2 aromatic heterocycles. The van der Waals surface area contributed by atoms with Crippen molar-refractivity contribution in [1.82, 2.24) is 19.9 Å². The van der Waals surface area contributed by atoms with E-state index in [1.165, 1.54) is 0 Å². The summed E-state index contributed by atoms with van der Waals surface area (Å²) in [6.07, 6.45) is -1.03. The van der Waals surface area contributed by atoms with Gasteiger partial charge >= 0.3 is 12.1 Å². The Morgan fingerprint density at radius 2 is 1.92 bits per heavy atom. The van der Waals surface area contributed by atoms with Crippen molar-refractivity contribution in [3.05, 3.63) is 36.4 Å². The van der Waals surface area contributed by atoms with Crippen LogP contribution in [0.5, 0.6) is 0 Å². The molecule has 0 atom stereocenters. The van der Waals surface area contributed by atoms with E-state index in [9.17, 15) is 18.0 Å². The fraction of sp³-hybridized carbons (Fsp3) is 0.438. The van der Waals surface area contributed by atoms with Gasteiger partial charge < -0.3 is 9.42 Å². The Balaban J connectivity index is 1.59. The van der Waals surface area contributed by atoms with Crippen molar-refractivity contribution in [3.8, 4) is 11.3 Å². The molecule has 0 aromatic carbocycles. The number of aromatic nitrogens is 2. The highest BCUT2D eigenvalue weighted by molar-refractivity contribution is 5.81. The molecule has 9 heteroatoms. The molecule has 1 saturated heterocycles. The molecule has 6 nitrogen and oxygen atoms in total. The van der Waals surface area contributed by atoms with Gasteiger partial charge in [-0.3, -0.25) is 14.7 Å². The summed E-state index contributed by atoms with van der Waals surface area (Å²) in [4.78, 5) is 18.1. The largest absolute Gasteiger partial charge is 0.471 e. The van der Waals surface area contributed by atoms with Crippen molar-refractivity contribution in [3.63, 3.8) is 0 Å². The van der Waals surface area contributed by atoms with Crippen LogP contribution in [0.15, 0.2) is 35.1 Å². The number of hydrogen-bond donors (Lipinski definition) is 0. The highest BCUT2D eigenvalue weighted by atomic mass is 19.4. The number of pyridine rings is 1. The second-order valence-electron chi connectivity index (χ2n) is 5.83. The van der Waals surface area contributed by atoms with Crippen LogP contribution in [0.4, 0.5) is 13.2 Å². The Morgan fingerprint density at radius 3 is 2.64 bits per heavy atom. The summed E-state index contributed by atoms with van der Waals surface area (Å²) in [6.45, 7) is 1.53. The average molecular weight is 354 g/mol. The quantitative estimate of drug-likeness (QED) is 0.847. The van der Waals surface area contributed by atoms with Gasteiger partial charge in [-0.2, -0.15) is 13.2 Å². The summed E-state index contributed by atoms with van der Waals surface area (Å²) in [5.74, 6) is -1.14. The summed E-state index contributed by atoms with van der Waals surface area (Å²) < 4.78 is 42.9. The van der Waals surface area contributed by atoms with Gasteiger partial charge in [0.2, 0.25) is 0 Å². The molecule has 3 rings (SSSR count). The number of amides is 1. The molecule has 25 heavy (non-hydrogen) atoms. The Morgan fingerprint density at radius 1 is 1.16 bits per heavy atom. The lowest BCUT2D eigenvalue weighted by Crippen LogP contribution is -2.43. The lowest BCUT2D eigenvalue weighted by molar-refractivity contribution is -0.185. The minimum absolute atomic E-state index is 0.0453. The zero-order chi connectivity index (χ0) is 17.9. The van der Waals surface area contributed by atoms with Crippen LogP contribution in [0, 0.1) is 0 Å². The first-order valence-electron chi connectivity index (χ1n) is 7.88. The lowest BCUT2D eigenvalue weighted by atomic mass is 10.2. The highest BCUT2D eigenvalue weighted by Gasteiger charge is 2.42. The van der Waals surface area contributed by atoms with Gasteiger partial charge in [0.15, 0.2) is 5.76 Å². The van der Waals surface area contributed by atoms with E-state index in [-0.39, 0.29) is 13.1 Å². The third-order valence-electron chi connectivity index (χ3n) is 4.03. The number of nitrogens with zero attached hydrogens (tertiary/aromatic N) is 4. The van der Waals surface area contributed by atoms with E-state index in [0.29, 0.717) is 37.5 Å². The predicted molar refractivity (Wildman–Crippen MR) is 82.3 cm³/mol. The molecule has 1 aliphatic rings. The van der Waals surface area contributed by atoms with E-state index in [2.05, 4.69) is 10.1 Å². The fourth-order valence-corrected chi connectivity index (χ4v) is 2.78. The van der Waals surface area contributed by atoms with Crippen molar-refractivity contribution in [1.29, 1.82) is 0 Å². The molecule has 0 spiro atoms. The van der Waals surface area contributed by atoms with Crippen LogP contribution >= 0.6 is 0 Å². The van der Waals surface area contributed by atoms with Gasteiger partial charge in [-0.1, -0.05) is 5.16 Å². The standard InChI is InChI=1S/C16H17F3N4O2/c17-16(18,19)15(24)23-7-1-6-22(8-9-23)11-13-10-14(21-25-13)12-2-4-20-5-3-12/h2-5,10H,1,6-9,11H2. The van der Waals surface area contributed by atoms with E-state index >= 15 is 0 Å². The fourth-order valence-electron chi connectivity index (χ4n) is 2.78. The Kier molecular flexibility index (Phi) is 5.03. The minimum Gasteiger partial charge on any atom is -0.359 e. The van der Waals surface area contributed by atoms with Crippen molar-refractivity contribution >= 4 is 5.91 Å². The van der Waals surface area contributed by atoms with E-state index < -0.39 is 12.1 Å². The van der Waals surface area contributed by atoms with Crippen molar-refractivity contribution in [2.75, 3.05) is 26.2 Å².